The molecule has 0 fully saturated rings. The molecule has 2 aromatic carbocycles. The number of benzene rings is 2. The van der Waals surface area contributed by atoms with Gasteiger partial charge in [-0.05, 0) is 6.07 Å². The van der Waals surface area contributed by atoms with E-state index in [0.717, 1.165) is 32.5 Å². The van der Waals surface area contributed by atoms with Crippen molar-refractivity contribution >= 4 is 28.5 Å². The van der Waals surface area contributed by atoms with Crippen LogP contribution in [0, 0.1) is 0 Å². The summed E-state index contributed by atoms with van der Waals surface area (Å²) in [5, 5.41) is 7.94. The topological polar surface area (TPSA) is 45.4 Å². The summed E-state index contributed by atoms with van der Waals surface area (Å²) in [6.07, 6.45) is 3.86. The Kier molecular flexibility index (Phi) is 3.84. The van der Waals surface area contributed by atoms with Gasteiger partial charge in [-0.3, -0.25) is 4.99 Å². The van der Waals surface area contributed by atoms with Gasteiger partial charge < -0.3 is 4.98 Å². The van der Waals surface area contributed by atoms with E-state index in [1.54, 1.807) is 18.4 Å². The fourth-order valence-electron chi connectivity index (χ4n) is 2.69. The second-order valence-corrected chi connectivity index (χ2v) is 6.18. The first kappa shape index (κ1) is 14.7. The summed E-state index contributed by atoms with van der Waals surface area (Å²) in [6.45, 7) is 0. The van der Waals surface area contributed by atoms with Gasteiger partial charge in [0.1, 0.15) is 0 Å². The molecule has 0 aliphatic carbocycles. The van der Waals surface area contributed by atoms with Gasteiger partial charge >= 0.3 is 0 Å². The number of rotatable bonds is 3. The van der Waals surface area contributed by atoms with Crippen LogP contribution < -0.4 is 4.80 Å². The van der Waals surface area contributed by atoms with Gasteiger partial charge in [-0.25, -0.2) is 4.68 Å². The molecule has 0 amide bonds. The van der Waals surface area contributed by atoms with Crippen LogP contribution in [-0.4, -0.2) is 22.9 Å². The van der Waals surface area contributed by atoms with Crippen molar-refractivity contribution in [3.63, 3.8) is 0 Å². The average Bonchev–Trinajstić information content (AvgIpc) is 3.24. The SMILES string of the molecule is CN=c1scc(-c2ccccc2)n1/N=C/c1c[nH]c2ccccc12. The summed E-state index contributed by atoms with van der Waals surface area (Å²) in [5.41, 5.74) is 4.33. The maximum absolute atomic E-state index is 4.69. The van der Waals surface area contributed by atoms with E-state index < -0.39 is 0 Å². The highest BCUT2D eigenvalue weighted by Crippen LogP contribution is 2.20. The Morgan fingerprint density at radius 2 is 1.83 bits per heavy atom. The van der Waals surface area contributed by atoms with Crippen LogP contribution in [0.15, 0.2) is 76.3 Å². The first-order valence-electron chi connectivity index (χ1n) is 7.66. The van der Waals surface area contributed by atoms with Gasteiger partial charge in [-0.2, -0.15) is 5.10 Å². The predicted molar refractivity (Wildman–Crippen MR) is 101 cm³/mol. The quantitative estimate of drug-likeness (QED) is 0.549. The maximum Gasteiger partial charge on any atom is 0.205 e. The van der Waals surface area contributed by atoms with Crippen LogP contribution in [0.3, 0.4) is 0 Å². The summed E-state index contributed by atoms with van der Waals surface area (Å²) >= 11 is 1.59. The first-order valence-corrected chi connectivity index (χ1v) is 8.54. The van der Waals surface area contributed by atoms with Gasteiger partial charge in [0.05, 0.1) is 11.9 Å². The van der Waals surface area contributed by atoms with Crippen LogP contribution in [0.1, 0.15) is 5.56 Å². The highest BCUT2D eigenvalue weighted by atomic mass is 32.1. The molecule has 4 aromatic rings. The van der Waals surface area contributed by atoms with Gasteiger partial charge in [0.15, 0.2) is 0 Å². The number of hydrogen-bond donors (Lipinski definition) is 1. The van der Waals surface area contributed by atoms with Gasteiger partial charge in [0.25, 0.3) is 0 Å². The lowest BCUT2D eigenvalue weighted by atomic mass is 10.2. The molecule has 0 atom stereocenters. The molecule has 24 heavy (non-hydrogen) atoms. The minimum atomic E-state index is 0.866. The fraction of sp³-hybridized carbons (Fsp3) is 0.0526. The zero-order valence-corrected chi connectivity index (χ0v) is 14.0. The van der Waals surface area contributed by atoms with Gasteiger partial charge in [-0.1, -0.05) is 48.5 Å². The summed E-state index contributed by atoms with van der Waals surface area (Å²) < 4.78 is 1.89. The third-order valence-corrected chi connectivity index (χ3v) is 4.79. The smallest absolute Gasteiger partial charge is 0.205 e. The number of aromatic nitrogens is 2. The molecule has 118 valence electrons. The highest BCUT2D eigenvalue weighted by Gasteiger charge is 2.07. The number of fused-ring (bicyclic) bond motifs is 1. The molecule has 4 rings (SSSR count). The highest BCUT2D eigenvalue weighted by molar-refractivity contribution is 7.07. The number of H-pyrrole nitrogens is 1. The Labute approximate surface area is 143 Å². The average molecular weight is 332 g/mol. The monoisotopic (exact) mass is 332 g/mol. The molecule has 0 radical (unpaired) electrons. The van der Waals surface area contributed by atoms with Gasteiger partial charge in [0.2, 0.25) is 4.80 Å². The lowest BCUT2D eigenvalue weighted by Gasteiger charge is -2.02. The van der Waals surface area contributed by atoms with Crippen LogP contribution in [0.2, 0.25) is 0 Å². The van der Waals surface area contributed by atoms with Crippen LogP contribution in [0.4, 0.5) is 0 Å². The third kappa shape index (κ3) is 2.59. The number of thiazole rings is 1. The van der Waals surface area contributed by atoms with Crippen LogP contribution >= 0.6 is 11.3 Å². The van der Waals surface area contributed by atoms with Gasteiger partial charge in [-0.15, -0.1) is 11.3 Å². The van der Waals surface area contributed by atoms with E-state index in [-0.39, 0.29) is 0 Å². The van der Waals surface area contributed by atoms with E-state index in [1.165, 1.54) is 0 Å². The van der Waals surface area contributed by atoms with E-state index >= 15 is 0 Å². The summed E-state index contributed by atoms with van der Waals surface area (Å²) in [5.74, 6) is 0. The zero-order valence-electron chi connectivity index (χ0n) is 13.2. The molecule has 0 bridgehead atoms. The predicted octanol–water partition coefficient (Wildman–Crippen LogP) is 4.11. The molecule has 0 unspecified atom stereocenters. The second kappa shape index (κ2) is 6.29. The number of aromatic amines is 1. The van der Waals surface area contributed by atoms with Crippen LogP contribution in [0.5, 0.6) is 0 Å². The molecular formula is C19H16N4S. The summed E-state index contributed by atoms with van der Waals surface area (Å²) in [6, 6.07) is 18.5. The number of nitrogens with zero attached hydrogens (tertiary/aromatic N) is 3. The molecule has 2 aromatic heterocycles. The standard InChI is InChI=1S/C19H16N4S/c1-20-19-23(18(13-24-19)14-7-3-2-4-8-14)22-12-15-11-21-17-10-6-5-9-16(15)17/h2-13,21H,1H3/b20-19?,22-12+. The summed E-state index contributed by atoms with van der Waals surface area (Å²) in [4.78, 5) is 8.48. The number of hydrogen-bond acceptors (Lipinski definition) is 3. The lowest BCUT2D eigenvalue weighted by Crippen LogP contribution is -2.11. The largest absolute Gasteiger partial charge is 0.361 e. The van der Waals surface area contributed by atoms with E-state index in [4.69, 9.17) is 5.10 Å². The minimum Gasteiger partial charge on any atom is -0.361 e. The van der Waals surface area contributed by atoms with Crippen LogP contribution in [-0.2, 0) is 0 Å². The summed E-state index contributed by atoms with van der Waals surface area (Å²) in [7, 11) is 1.79. The molecule has 2 heterocycles. The van der Waals surface area contributed by atoms with Crippen molar-refractivity contribution in [2.45, 2.75) is 0 Å². The molecule has 0 saturated carbocycles. The molecule has 0 saturated heterocycles. The molecule has 0 spiro atoms. The Bertz CT molecular complexity index is 1070. The Morgan fingerprint density at radius 1 is 1.04 bits per heavy atom. The van der Waals surface area contributed by atoms with Crippen molar-refractivity contribution in [2.75, 3.05) is 7.05 Å². The molecule has 0 aliphatic heterocycles. The Morgan fingerprint density at radius 3 is 2.67 bits per heavy atom. The molecule has 1 N–H and O–H groups in total. The minimum absolute atomic E-state index is 0.866. The van der Waals surface area contributed by atoms with Crippen molar-refractivity contribution < 1.29 is 0 Å². The van der Waals surface area contributed by atoms with Gasteiger partial charge in [0, 0.05) is 40.7 Å². The third-order valence-electron chi connectivity index (χ3n) is 3.88. The van der Waals surface area contributed by atoms with Crippen molar-refractivity contribution in [1.82, 2.24) is 9.66 Å². The number of para-hydroxylation sites is 1. The lowest BCUT2D eigenvalue weighted by molar-refractivity contribution is 0.848. The number of nitrogens with one attached hydrogen (secondary N) is 1. The van der Waals surface area contributed by atoms with Crippen molar-refractivity contribution in [1.29, 1.82) is 0 Å². The second-order valence-electron chi connectivity index (χ2n) is 5.34. The molecule has 5 heteroatoms. The van der Waals surface area contributed by atoms with E-state index in [9.17, 15) is 0 Å². The van der Waals surface area contributed by atoms with Crippen molar-refractivity contribution in [3.8, 4) is 11.3 Å². The zero-order chi connectivity index (χ0) is 16.4. The normalized spacial score (nSPS) is 12.5. The fourth-order valence-corrected chi connectivity index (χ4v) is 3.49. The van der Waals surface area contributed by atoms with Crippen molar-refractivity contribution in [2.24, 2.45) is 10.1 Å². The Balaban J connectivity index is 1.81. The molecular weight excluding hydrogens is 316 g/mol. The van der Waals surface area contributed by atoms with E-state index in [1.807, 2.05) is 47.4 Å². The first-order chi connectivity index (χ1) is 11.9. The maximum atomic E-state index is 4.69. The Hall–Kier alpha value is -2.92. The molecule has 0 aliphatic rings. The van der Waals surface area contributed by atoms with E-state index in [2.05, 4.69) is 39.6 Å². The van der Waals surface area contributed by atoms with Crippen molar-refractivity contribution in [3.05, 3.63) is 76.5 Å². The molecule has 4 nitrogen and oxygen atoms in total. The van der Waals surface area contributed by atoms with Crippen LogP contribution in [0.25, 0.3) is 22.2 Å². The van der Waals surface area contributed by atoms with E-state index in [0.29, 0.717) is 0 Å².